The molecule has 1 fully saturated rings. The SMILES string of the molecule is O=C(CCC(=O)c1ccc(Cl)s1)NCC(=O)N1CCCC1. The van der Waals surface area contributed by atoms with Gasteiger partial charge in [0.2, 0.25) is 11.8 Å². The highest BCUT2D eigenvalue weighted by Crippen LogP contribution is 2.22. The lowest BCUT2D eigenvalue weighted by Gasteiger charge is -2.15. The predicted molar refractivity (Wildman–Crippen MR) is 81.7 cm³/mol. The highest BCUT2D eigenvalue weighted by Gasteiger charge is 2.18. The fraction of sp³-hybridized carbons (Fsp3) is 0.500. The summed E-state index contributed by atoms with van der Waals surface area (Å²) < 4.78 is 0.555. The summed E-state index contributed by atoms with van der Waals surface area (Å²) in [6, 6.07) is 3.32. The van der Waals surface area contributed by atoms with Crippen molar-refractivity contribution in [2.45, 2.75) is 25.7 Å². The first-order valence-electron chi connectivity index (χ1n) is 6.89. The van der Waals surface area contributed by atoms with Gasteiger partial charge >= 0.3 is 0 Å². The van der Waals surface area contributed by atoms with Gasteiger partial charge in [0, 0.05) is 25.9 Å². The van der Waals surface area contributed by atoms with E-state index < -0.39 is 0 Å². The molecule has 7 heteroatoms. The minimum Gasteiger partial charge on any atom is -0.347 e. The Labute approximate surface area is 132 Å². The van der Waals surface area contributed by atoms with Crippen LogP contribution in [0.15, 0.2) is 12.1 Å². The number of thiophene rings is 1. The number of ketones is 1. The first kappa shape index (κ1) is 16.0. The van der Waals surface area contributed by atoms with Crippen LogP contribution >= 0.6 is 22.9 Å². The lowest BCUT2D eigenvalue weighted by Crippen LogP contribution is -2.38. The Bertz CT molecular complexity index is 538. The van der Waals surface area contributed by atoms with Gasteiger partial charge in [-0.25, -0.2) is 0 Å². The molecule has 1 N–H and O–H groups in total. The molecule has 21 heavy (non-hydrogen) atoms. The van der Waals surface area contributed by atoms with Crippen molar-refractivity contribution in [2.24, 2.45) is 0 Å². The molecule has 0 bridgehead atoms. The zero-order valence-electron chi connectivity index (χ0n) is 11.6. The highest BCUT2D eigenvalue weighted by molar-refractivity contribution is 7.18. The summed E-state index contributed by atoms with van der Waals surface area (Å²) in [5, 5.41) is 2.57. The minimum absolute atomic E-state index is 0.0118. The quantitative estimate of drug-likeness (QED) is 0.813. The van der Waals surface area contributed by atoms with Gasteiger partial charge in [0.05, 0.1) is 15.8 Å². The summed E-state index contributed by atoms with van der Waals surface area (Å²) >= 11 is 6.96. The zero-order chi connectivity index (χ0) is 15.2. The third kappa shape index (κ3) is 4.82. The number of halogens is 1. The zero-order valence-corrected chi connectivity index (χ0v) is 13.1. The second-order valence-corrected chi connectivity index (χ2v) is 6.61. The molecular formula is C14H17ClN2O3S. The molecule has 0 spiro atoms. The van der Waals surface area contributed by atoms with E-state index in [1.165, 1.54) is 11.3 Å². The van der Waals surface area contributed by atoms with Crippen LogP contribution in [0.4, 0.5) is 0 Å². The number of likely N-dealkylation sites (tertiary alicyclic amines) is 1. The Balaban J connectivity index is 1.67. The predicted octanol–water partition coefficient (Wildman–Crippen LogP) is 2.10. The molecule has 2 rings (SSSR count). The van der Waals surface area contributed by atoms with Crippen LogP contribution in [0.5, 0.6) is 0 Å². The van der Waals surface area contributed by atoms with E-state index in [4.69, 9.17) is 11.6 Å². The number of carbonyl (C=O) groups is 3. The number of hydrogen-bond donors (Lipinski definition) is 1. The van der Waals surface area contributed by atoms with Gasteiger partial charge in [-0.2, -0.15) is 0 Å². The fourth-order valence-corrected chi connectivity index (χ4v) is 3.17. The number of Topliss-reactive ketones (excluding diaryl/α,β-unsaturated/α-hetero) is 1. The van der Waals surface area contributed by atoms with Crippen LogP contribution in [0.1, 0.15) is 35.4 Å². The second kappa shape index (κ2) is 7.56. The largest absolute Gasteiger partial charge is 0.347 e. The van der Waals surface area contributed by atoms with Crippen molar-refractivity contribution in [1.82, 2.24) is 10.2 Å². The van der Waals surface area contributed by atoms with Crippen molar-refractivity contribution in [3.63, 3.8) is 0 Å². The van der Waals surface area contributed by atoms with Gasteiger partial charge in [-0.1, -0.05) is 11.6 Å². The monoisotopic (exact) mass is 328 g/mol. The van der Waals surface area contributed by atoms with Gasteiger partial charge < -0.3 is 10.2 Å². The summed E-state index contributed by atoms with van der Waals surface area (Å²) in [7, 11) is 0. The lowest BCUT2D eigenvalue weighted by atomic mass is 10.2. The molecule has 1 aliphatic rings. The standard InChI is InChI=1S/C14H17ClN2O3S/c15-12-5-4-11(21-12)10(18)3-6-13(19)16-9-14(20)17-7-1-2-8-17/h4-5H,1-3,6-9H2,(H,16,19). The van der Waals surface area contributed by atoms with Gasteiger partial charge in [0.1, 0.15) is 0 Å². The van der Waals surface area contributed by atoms with Gasteiger partial charge in [-0.05, 0) is 25.0 Å². The lowest BCUT2D eigenvalue weighted by molar-refractivity contribution is -0.132. The van der Waals surface area contributed by atoms with Crippen LogP contribution in [0.2, 0.25) is 4.34 Å². The smallest absolute Gasteiger partial charge is 0.241 e. The van der Waals surface area contributed by atoms with E-state index in [1.807, 2.05) is 0 Å². The van der Waals surface area contributed by atoms with Gasteiger partial charge in [0.25, 0.3) is 0 Å². The molecule has 0 saturated carbocycles. The normalized spacial score (nSPS) is 14.2. The molecule has 0 unspecified atom stereocenters. The molecule has 2 amide bonds. The van der Waals surface area contributed by atoms with E-state index >= 15 is 0 Å². The van der Waals surface area contributed by atoms with Crippen molar-refractivity contribution in [2.75, 3.05) is 19.6 Å². The highest BCUT2D eigenvalue weighted by atomic mass is 35.5. The van der Waals surface area contributed by atoms with Crippen molar-refractivity contribution in [1.29, 1.82) is 0 Å². The van der Waals surface area contributed by atoms with Crippen molar-refractivity contribution < 1.29 is 14.4 Å². The molecule has 1 aliphatic heterocycles. The second-order valence-electron chi connectivity index (χ2n) is 4.89. The number of nitrogens with one attached hydrogen (secondary N) is 1. The van der Waals surface area contributed by atoms with E-state index in [-0.39, 0.29) is 37.0 Å². The summed E-state index contributed by atoms with van der Waals surface area (Å²) in [4.78, 5) is 37.5. The molecular weight excluding hydrogens is 312 g/mol. The van der Waals surface area contributed by atoms with Crippen molar-refractivity contribution >= 4 is 40.5 Å². The first-order chi connectivity index (χ1) is 10.1. The maximum absolute atomic E-state index is 11.8. The Morgan fingerprint density at radius 1 is 1.19 bits per heavy atom. The molecule has 0 aromatic carbocycles. The molecule has 2 heterocycles. The minimum atomic E-state index is -0.279. The topological polar surface area (TPSA) is 66.5 Å². The number of nitrogens with zero attached hydrogens (tertiary/aromatic N) is 1. The van der Waals surface area contributed by atoms with Gasteiger partial charge in [-0.3, -0.25) is 14.4 Å². The Kier molecular flexibility index (Phi) is 5.76. The average Bonchev–Trinajstić information content (AvgIpc) is 3.13. The van der Waals surface area contributed by atoms with Gasteiger partial charge in [-0.15, -0.1) is 11.3 Å². The molecule has 0 aliphatic carbocycles. The third-order valence-corrected chi connectivity index (χ3v) is 4.59. The van der Waals surface area contributed by atoms with E-state index in [1.54, 1.807) is 17.0 Å². The van der Waals surface area contributed by atoms with E-state index in [9.17, 15) is 14.4 Å². The Morgan fingerprint density at radius 3 is 2.52 bits per heavy atom. The molecule has 1 aromatic rings. The number of hydrogen-bond acceptors (Lipinski definition) is 4. The molecule has 0 radical (unpaired) electrons. The summed E-state index contributed by atoms with van der Waals surface area (Å²) in [5.41, 5.74) is 0. The number of amides is 2. The first-order valence-corrected chi connectivity index (χ1v) is 8.09. The van der Waals surface area contributed by atoms with E-state index in [0.29, 0.717) is 9.21 Å². The van der Waals surface area contributed by atoms with Crippen molar-refractivity contribution in [3.05, 3.63) is 21.3 Å². The summed E-state index contributed by atoms with van der Waals surface area (Å²) in [6.07, 6.45) is 2.26. The van der Waals surface area contributed by atoms with E-state index in [0.717, 1.165) is 25.9 Å². The maximum Gasteiger partial charge on any atom is 0.241 e. The summed E-state index contributed by atoms with van der Waals surface area (Å²) in [6.45, 7) is 1.55. The molecule has 1 aromatic heterocycles. The van der Waals surface area contributed by atoms with Crippen LogP contribution in [-0.4, -0.2) is 42.1 Å². The third-order valence-electron chi connectivity index (χ3n) is 3.32. The molecule has 1 saturated heterocycles. The maximum atomic E-state index is 11.8. The van der Waals surface area contributed by atoms with Crippen LogP contribution in [0, 0.1) is 0 Å². The van der Waals surface area contributed by atoms with Crippen LogP contribution < -0.4 is 5.32 Å². The summed E-state index contributed by atoms with van der Waals surface area (Å²) in [5.74, 6) is -0.441. The van der Waals surface area contributed by atoms with Crippen LogP contribution in [-0.2, 0) is 9.59 Å². The molecule has 114 valence electrons. The molecule has 5 nitrogen and oxygen atoms in total. The van der Waals surface area contributed by atoms with Crippen LogP contribution in [0.3, 0.4) is 0 Å². The Hall–Kier alpha value is -1.40. The van der Waals surface area contributed by atoms with Crippen molar-refractivity contribution in [3.8, 4) is 0 Å². The van der Waals surface area contributed by atoms with Crippen LogP contribution in [0.25, 0.3) is 0 Å². The van der Waals surface area contributed by atoms with E-state index in [2.05, 4.69) is 5.32 Å². The average molecular weight is 329 g/mol. The number of rotatable bonds is 6. The van der Waals surface area contributed by atoms with Gasteiger partial charge in [0.15, 0.2) is 5.78 Å². The number of carbonyl (C=O) groups excluding carboxylic acids is 3. The fourth-order valence-electron chi connectivity index (χ4n) is 2.16. The molecule has 0 atom stereocenters. The Morgan fingerprint density at radius 2 is 1.90 bits per heavy atom.